The number of hydrogen-bond donors (Lipinski definition) is 0. The van der Waals surface area contributed by atoms with Gasteiger partial charge in [0, 0.05) is 11.9 Å². The molecule has 1 aromatic heterocycles. The first-order valence-corrected chi connectivity index (χ1v) is 5.32. The van der Waals surface area contributed by atoms with E-state index < -0.39 is 0 Å². The van der Waals surface area contributed by atoms with Crippen LogP contribution in [0, 0.1) is 0 Å². The minimum atomic E-state index is -0.274. The van der Waals surface area contributed by atoms with Crippen LogP contribution in [0.15, 0.2) is 18.3 Å². The van der Waals surface area contributed by atoms with Crippen molar-refractivity contribution < 1.29 is 9.53 Å². The Hall–Kier alpha value is -1.38. The molecule has 0 aliphatic carbocycles. The second-order valence-electron chi connectivity index (χ2n) is 3.50. The lowest BCUT2D eigenvalue weighted by molar-refractivity contribution is 0.0526. The zero-order valence-electron chi connectivity index (χ0n) is 9.49. The topological polar surface area (TPSA) is 39.2 Å². The Morgan fingerprint density at radius 2 is 2.27 bits per heavy atom. The van der Waals surface area contributed by atoms with Gasteiger partial charge in [-0.05, 0) is 31.4 Å². The van der Waals surface area contributed by atoms with Crippen LogP contribution in [0.25, 0.3) is 0 Å². The van der Waals surface area contributed by atoms with E-state index in [1.807, 2.05) is 6.07 Å². The van der Waals surface area contributed by atoms with Crippen LogP contribution < -0.4 is 0 Å². The highest BCUT2D eigenvalue weighted by molar-refractivity contribution is 5.89. The predicted octanol–water partition coefficient (Wildman–Crippen LogP) is 2.77. The van der Waals surface area contributed by atoms with Gasteiger partial charge in [-0.3, -0.25) is 4.98 Å². The van der Waals surface area contributed by atoms with Crippen molar-refractivity contribution >= 4 is 5.97 Å². The third kappa shape index (κ3) is 3.05. The third-order valence-electron chi connectivity index (χ3n) is 2.41. The number of pyridine rings is 1. The maximum atomic E-state index is 11.5. The van der Waals surface area contributed by atoms with Crippen molar-refractivity contribution in [2.75, 3.05) is 6.61 Å². The molecule has 0 aliphatic rings. The Balaban J connectivity index is 2.87. The molecule has 3 heteroatoms. The largest absolute Gasteiger partial charge is 0.462 e. The summed E-state index contributed by atoms with van der Waals surface area (Å²) in [6.07, 6.45) is 2.67. The van der Waals surface area contributed by atoms with Gasteiger partial charge >= 0.3 is 5.97 Å². The smallest absolute Gasteiger partial charge is 0.338 e. The number of ether oxygens (including phenoxy) is 1. The van der Waals surface area contributed by atoms with E-state index in [-0.39, 0.29) is 5.97 Å². The van der Waals surface area contributed by atoms with Crippen LogP contribution in [0.2, 0.25) is 0 Å². The van der Waals surface area contributed by atoms with Crippen molar-refractivity contribution in [1.82, 2.24) is 4.98 Å². The molecule has 82 valence electrons. The van der Waals surface area contributed by atoms with Gasteiger partial charge in [0.1, 0.15) is 0 Å². The lowest BCUT2D eigenvalue weighted by atomic mass is 10.0. The van der Waals surface area contributed by atoms with Crippen LogP contribution >= 0.6 is 0 Å². The minimum Gasteiger partial charge on any atom is -0.462 e. The van der Waals surface area contributed by atoms with Crippen LogP contribution in [0.1, 0.15) is 49.2 Å². The molecule has 0 amide bonds. The Morgan fingerprint density at radius 3 is 2.87 bits per heavy atom. The van der Waals surface area contributed by atoms with E-state index in [1.165, 1.54) is 0 Å². The molecule has 0 radical (unpaired) electrons. The number of rotatable bonds is 4. The lowest BCUT2D eigenvalue weighted by Gasteiger charge is -2.08. The fourth-order valence-corrected chi connectivity index (χ4v) is 1.27. The van der Waals surface area contributed by atoms with E-state index in [0.717, 1.165) is 12.1 Å². The molecule has 1 aromatic rings. The summed E-state index contributed by atoms with van der Waals surface area (Å²) < 4.78 is 4.93. The highest BCUT2D eigenvalue weighted by Gasteiger charge is 2.10. The van der Waals surface area contributed by atoms with Crippen molar-refractivity contribution in [3.8, 4) is 0 Å². The highest BCUT2D eigenvalue weighted by atomic mass is 16.5. The van der Waals surface area contributed by atoms with Crippen LogP contribution in [0.4, 0.5) is 0 Å². The second-order valence-corrected chi connectivity index (χ2v) is 3.50. The molecular weight excluding hydrogens is 190 g/mol. The monoisotopic (exact) mass is 207 g/mol. The SMILES string of the molecule is CCOC(=O)c1ccnc(C(C)CC)c1. The maximum absolute atomic E-state index is 11.5. The van der Waals surface area contributed by atoms with Gasteiger partial charge in [-0.25, -0.2) is 4.79 Å². The van der Waals surface area contributed by atoms with Gasteiger partial charge in [0.15, 0.2) is 0 Å². The van der Waals surface area contributed by atoms with Crippen molar-refractivity contribution in [2.24, 2.45) is 0 Å². The lowest BCUT2D eigenvalue weighted by Crippen LogP contribution is -2.06. The third-order valence-corrected chi connectivity index (χ3v) is 2.41. The van der Waals surface area contributed by atoms with E-state index in [2.05, 4.69) is 18.8 Å². The second kappa shape index (κ2) is 5.49. The number of aromatic nitrogens is 1. The molecule has 0 aliphatic heterocycles. The van der Waals surface area contributed by atoms with Gasteiger partial charge in [-0.2, -0.15) is 0 Å². The molecule has 15 heavy (non-hydrogen) atoms. The summed E-state index contributed by atoms with van der Waals surface area (Å²) in [4.78, 5) is 15.7. The van der Waals surface area contributed by atoms with Gasteiger partial charge in [-0.15, -0.1) is 0 Å². The van der Waals surface area contributed by atoms with Crippen molar-refractivity contribution in [1.29, 1.82) is 0 Å². The first kappa shape index (κ1) is 11.7. The summed E-state index contributed by atoms with van der Waals surface area (Å²) in [5.41, 5.74) is 1.53. The zero-order valence-corrected chi connectivity index (χ0v) is 9.49. The number of carbonyl (C=O) groups excluding carboxylic acids is 1. The number of carbonyl (C=O) groups is 1. The summed E-state index contributed by atoms with van der Waals surface area (Å²) in [7, 11) is 0. The van der Waals surface area contributed by atoms with Gasteiger partial charge in [-0.1, -0.05) is 13.8 Å². The zero-order chi connectivity index (χ0) is 11.3. The average Bonchev–Trinajstić information content (AvgIpc) is 2.28. The van der Waals surface area contributed by atoms with Crippen molar-refractivity contribution in [3.05, 3.63) is 29.6 Å². The normalized spacial score (nSPS) is 12.2. The summed E-state index contributed by atoms with van der Waals surface area (Å²) in [6.45, 7) is 6.40. The fraction of sp³-hybridized carbons (Fsp3) is 0.500. The first-order chi connectivity index (χ1) is 7.19. The molecule has 0 saturated heterocycles. The molecule has 3 nitrogen and oxygen atoms in total. The molecular formula is C12H17NO2. The number of esters is 1. The van der Waals surface area contributed by atoms with E-state index in [1.54, 1.807) is 19.2 Å². The molecule has 0 N–H and O–H groups in total. The summed E-state index contributed by atoms with van der Waals surface area (Å²) in [5.74, 6) is 0.101. The molecule has 0 bridgehead atoms. The number of nitrogens with zero attached hydrogens (tertiary/aromatic N) is 1. The van der Waals surface area contributed by atoms with Gasteiger partial charge in [0.2, 0.25) is 0 Å². The van der Waals surface area contributed by atoms with E-state index in [9.17, 15) is 4.79 Å². The summed E-state index contributed by atoms with van der Waals surface area (Å²) in [6, 6.07) is 3.50. The van der Waals surface area contributed by atoms with E-state index in [4.69, 9.17) is 4.74 Å². The van der Waals surface area contributed by atoms with Gasteiger partial charge < -0.3 is 4.74 Å². The standard InChI is InChI=1S/C12H17NO2/c1-4-9(3)11-8-10(6-7-13-11)12(14)15-5-2/h6-9H,4-5H2,1-3H3. The predicted molar refractivity (Wildman–Crippen MR) is 58.9 cm³/mol. The molecule has 1 rings (SSSR count). The quantitative estimate of drug-likeness (QED) is 0.713. The van der Waals surface area contributed by atoms with Crippen LogP contribution in [0.5, 0.6) is 0 Å². The van der Waals surface area contributed by atoms with E-state index in [0.29, 0.717) is 18.1 Å². The summed E-state index contributed by atoms with van der Waals surface area (Å²) >= 11 is 0. The molecule has 1 heterocycles. The van der Waals surface area contributed by atoms with Gasteiger partial charge in [0.05, 0.1) is 12.2 Å². The molecule has 0 spiro atoms. The van der Waals surface area contributed by atoms with Crippen LogP contribution in [0.3, 0.4) is 0 Å². The van der Waals surface area contributed by atoms with E-state index >= 15 is 0 Å². The maximum Gasteiger partial charge on any atom is 0.338 e. The van der Waals surface area contributed by atoms with Gasteiger partial charge in [0.25, 0.3) is 0 Å². The Morgan fingerprint density at radius 1 is 1.53 bits per heavy atom. The Labute approximate surface area is 90.5 Å². The minimum absolute atomic E-state index is 0.274. The molecule has 1 unspecified atom stereocenters. The first-order valence-electron chi connectivity index (χ1n) is 5.32. The Bertz CT molecular complexity index is 336. The van der Waals surface area contributed by atoms with Crippen LogP contribution in [-0.4, -0.2) is 17.6 Å². The molecule has 0 aromatic carbocycles. The Kier molecular flexibility index (Phi) is 4.28. The van der Waals surface area contributed by atoms with Crippen LogP contribution in [-0.2, 0) is 4.74 Å². The summed E-state index contributed by atoms with van der Waals surface area (Å²) in [5, 5.41) is 0. The average molecular weight is 207 g/mol. The highest BCUT2D eigenvalue weighted by Crippen LogP contribution is 2.17. The molecule has 1 atom stereocenters. The molecule has 0 saturated carbocycles. The fourth-order valence-electron chi connectivity index (χ4n) is 1.27. The van der Waals surface area contributed by atoms with Crippen molar-refractivity contribution in [2.45, 2.75) is 33.1 Å². The number of hydrogen-bond acceptors (Lipinski definition) is 3. The molecule has 0 fully saturated rings. The van der Waals surface area contributed by atoms with Crippen molar-refractivity contribution in [3.63, 3.8) is 0 Å².